The molecule has 4 rings (SSSR count). The summed E-state index contributed by atoms with van der Waals surface area (Å²) in [6, 6.07) is 26.0. The molecule has 1 heterocycles. The van der Waals surface area contributed by atoms with Crippen LogP contribution >= 0.6 is 15.9 Å². The molecule has 0 bridgehead atoms. The molecule has 2 N–H and O–H groups in total. The normalized spacial score (nSPS) is 11.6. The lowest BCUT2D eigenvalue weighted by molar-refractivity contribution is -0.136. The number of benzene rings is 3. The van der Waals surface area contributed by atoms with Gasteiger partial charge in [0, 0.05) is 11.0 Å². The molecule has 0 saturated heterocycles. The van der Waals surface area contributed by atoms with Gasteiger partial charge < -0.3 is 9.73 Å². The van der Waals surface area contributed by atoms with Gasteiger partial charge in [-0.1, -0.05) is 60.2 Å². The van der Waals surface area contributed by atoms with Gasteiger partial charge in [-0.05, 0) is 64.8 Å². The van der Waals surface area contributed by atoms with E-state index in [0.717, 1.165) is 11.1 Å². The summed E-state index contributed by atoms with van der Waals surface area (Å²) in [5, 5.41) is 6.25. The zero-order valence-electron chi connectivity index (χ0n) is 20.9. The molecule has 0 spiro atoms. The molecule has 0 aliphatic carbocycles. The van der Waals surface area contributed by atoms with Crippen molar-refractivity contribution < 1.29 is 22.4 Å². The number of amides is 2. The van der Waals surface area contributed by atoms with Gasteiger partial charge in [0.05, 0.1) is 23.3 Å². The van der Waals surface area contributed by atoms with E-state index < -0.39 is 21.8 Å². The number of halogens is 1. The molecule has 0 aliphatic heterocycles. The van der Waals surface area contributed by atoms with Crippen LogP contribution in [-0.4, -0.2) is 30.8 Å². The lowest BCUT2D eigenvalue weighted by atomic mass is 10.2. The quantitative estimate of drug-likeness (QED) is 0.160. The van der Waals surface area contributed by atoms with Crippen LogP contribution in [0.4, 0.5) is 5.69 Å². The number of carbonyl (C=O) groups excluding carboxylic acids is 2. The minimum absolute atomic E-state index is 0.0281. The Morgan fingerprint density at radius 3 is 2.31 bits per heavy atom. The van der Waals surface area contributed by atoms with Crippen molar-refractivity contribution in [1.29, 1.82) is 0 Å². The van der Waals surface area contributed by atoms with Crippen LogP contribution in [0, 0.1) is 6.92 Å². The molecule has 9 nitrogen and oxygen atoms in total. The minimum atomic E-state index is -3.84. The Balaban J connectivity index is 1.43. The molecular weight excluding hydrogens is 584 g/mol. The fourth-order valence-electron chi connectivity index (χ4n) is 3.54. The highest BCUT2D eigenvalue weighted by Gasteiger charge is 2.26. The SMILES string of the molecule is Cc1ccc(S(=O)(=O)N(Cc2ccccc2)Cc2ccc(/C=N/NC(=O)C(=O)Nc3ccccc3Br)o2)cc1. The van der Waals surface area contributed by atoms with Gasteiger partial charge in [0.25, 0.3) is 0 Å². The van der Waals surface area contributed by atoms with Gasteiger partial charge >= 0.3 is 11.8 Å². The van der Waals surface area contributed by atoms with Crippen molar-refractivity contribution in [2.75, 3.05) is 5.32 Å². The van der Waals surface area contributed by atoms with Crippen molar-refractivity contribution in [3.05, 3.63) is 118 Å². The van der Waals surface area contributed by atoms with Gasteiger partial charge in [-0.2, -0.15) is 9.41 Å². The molecular formula is C28H25BrN4O5S. The molecule has 3 aromatic carbocycles. The molecule has 0 aliphatic rings. The third-order valence-electron chi connectivity index (χ3n) is 5.56. The van der Waals surface area contributed by atoms with Gasteiger partial charge in [0.1, 0.15) is 11.5 Å². The Morgan fingerprint density at radius 1 is 0.897 bits per heavy atom. The molecule has 200 valence electrons. The number of anilines is 1. The van der Waals surface area contributed by atoms with E-state index in [9.17, 15) is 18.0 Å². The zero-order chi connectivity index (χ0) is 27.8. The average molecular weight is 610 g/mol. The number of furan rings is 1. The van der Waals surface area contributed by atoms with Crippen LogP contribution in [0.2, 0.25) is 0 Å². The first-order chi connectivity index (χ1) is 18.7. The predicted molar refractivity (Wildman–Crippen MR) is 151 cm³/mol. The summed E-state index contributed by atoms with van der Waals surface area (Å²) in [4.78, 5) is 24.4. The fraction of sp³-hybridized carbons (Fsp3) is 0.107. The number of rotatable bonds is 9. The molecule has 11 heteroatoms. The minimum Gasteiger partial charge on any atom is -0.459 e. The standard InChI is InChI=1S/C28H25BrN4O5S/c1-20-11-15-24(16-12-20)39(36,37)33(18-21-7-3-2-4-8-21)19-23-14-13-22(38-23)17-30-32-28(35)27(34)31-26-10-6-5-9-25(26)29/h2-17H,18-19H2,1H3,(H,31,34)(H,32,35)/b30-17+. The molecule has 0 saturated carbocycles. The Bertz CT molecular complexity index is 1590. The molecule has 0 unspecified atom stereocenters. The fourth-order valence-corrected chi connectivity index (χ4v) is 5.32. The topological polar surface area (TPSA) is 121 Å². The van der Waals surface area contributed by atoms with E-state index in [4.69, 9.17) is 4.42 Å². The van der Waals surface area contributed by atoms with Crippen molar-refractivity contribution in [1.82, 2.24) is 9.73 Å². The monoisotopic (exact) mass is 608 g/mol. The number of carbonyl (C=O) groups is 2. The number of nitrogens with zero attached hydrogens (tertiary/aromatic N) is 2. The second-order valence-corrected chi connectivity index (χ2v) is 11.3. The van der Waals surface area contributed by atoms with Gasteiger partial charge in [-0.3, -0.25) is 9.59 Å². The van der Waals surface area contributed by atoms with Crippen molar-refractivity contribution in [3.63, 3.8) is 0 Å². The third-order valence-corrected chi connectivity index (χ3v) is 8.06. The van der Waals surface area contributed by atoms with E-state index in [-0.39, 0.29) is 23.7 Å². The molecule has 0 fully saturated rings. The molecule has 2 amide bonds. The number of hydrazone groups is 1. The van der Waals surface area contributed by atoms with E-state index in [1.54, 1.807) is 60.7 Å². The number of para-hydroxylation sites is 1. The average Bonchev–Trinajstić information content (AvgIpc) is 3.37. The lowest BCUT2D eigenvalue weighted by Crippen LogP contribution is -2.32. The van der Waals surface area contributed by atoms with Gasteiger partial charge in [-0.15, -0.1) is 0 Å². The summed E-state index contributed by atoms with van der Waals surface area (Å²) in [6.07, 6.45) is 1.23. The largest absolute Gasteiger partial charge is 0.459 e. The number of hydrogen-bond acceptors (Lipinski definition) is 6. The van der Waals surface area contributed by atoms with Crippen molar-refractivity contribution in [3.8, 4) is 0 Å². The highest BCUT2D eigenvalue weighted by atomic mass is 79.9. The molecule has 1 aromatic heterocycles. The second-order valence-electron chi connectivity index (χ2n) is 8.51. The number of sulfonamides is 1. The maximum atomic E-state index is 13.5. The number of aryl methyl sites for hydroxylation is 1. The third kappa shape index (κ3) is 7.50. The van der Waals surface area contributed by atoms with Crippen LogP contribution < -0.4 is 10.7 Å². The van der Waals surface area contributed by atoms with E-state index >= 15 is 0 Å². The van der Waals surface area contributed by atoms with Crippen LogP contribution in [0.3, 0.4) is 0 Å². The Kier molecular flexibility index (Phi) is 9.07. The molecule has 4 aromatic rings. The van der Waals surface area contributed by atoms with Crippen LogP contribution in [0.25, 0.3) is 0 Å². The Hall–Kier alpha value is -4.06. The van der Waals surface area contributed by atoms with Crippen molar-refractivity contribution in [2.45, 2.75) is 24.9 Å². The number of nitrogens with one attached hydrogen (secondary N) is 2. The zero-order valence-corrected chi connectivity index (χ0v) is 23.3. The maximum Gasteiger partial charge on any atom is 0.329 e. The van der Waals surface area contributed by atoms with E-state index in [0.29, 0.717) is 15.9 Å². The second kappa shape index (κ2) is 12.7. The van der Waals surface area contributed by atoms with E-state index in [1.807, 2.05) is 37.3 Å². The first-order valence-electron chi connectivity index (χ1n) is 11.8. The smallest absolute Gasteiger partial charge is 0.329 e. The maximum absolute atomic E-state index is 13.5. The van der Waals surface area contributed by atoms with E-state index in [2.05, 4.69) is 31.8 Å². The molecule has 39 heavy (non-hydrogen) atoms. The summed E-state index contributed by atoms with van der Waals surface area (Å²) in [5.74, 6) is -1.21. The van der Waals surface area contributed by atoms with Crippen molar-refractivity contribution >= 4 is 49.7 Å². The summed E-state index contributed by atoms with van der Waals surface area (Å²) in [6.45, 7) is 2.00. The van der Waals surface area contributed by atoms with E-state index in [1.165, 1.54) is 10.5 Å². The predicted octanol–water partition coefficient (Wildman–Crippen LogP) is 4.83. The van der Waals surface area contributed by atoms with Crippen LogP contribution in [0.1, 0.15) is 22.6 Å². The summed E-state index contributed by atoms with van der Waals surface area (Å²) in [5.41, 5.74) is 4.36. The summed E-state index contributed by atoms with van der Waals surface area (Å²) in [7, 11) is -3.84. The first kappa shape index (κ1) is 28.0. The highest BCUT2D eigenvalue weighted by molar-refractivity contribution is 9.10. The first-order valence-corrected chi connectivity index (χ1v) is 14.0. The van der Waals surface area contributed by atoms with Crippen molar-refractivity contribution in [2.24, 2.45) is 5.10 Å². The van der Waals surface area contributed by atoms with Crippen LogP contribution in [0.15, 0.2) is 110 Å². The van der Waals surface area contributed by atoms with Gasteiger partial charge in [0.2, 0.25) is 10.0 Å². The van der Waals surface area contributed by atoms with Gasteiger partial charge in [-0.25, -0.2) is 13.8 Å². The van der Waals surface area contributed by atoms with Crippen LogP contribution in [-0.2, 0) is 32.7 Å². The molecule has 0 atom stereocenters. The summed E-state index contributed by atoms with van der Waals surface area (Å²) < 4.78 is 34.7. The van der Waals surface area contributed by atoms with Crippen LogP contribution in [0.5, 0.6) is 0 Å². The molecule has 0 radical (unpaired) electrons. The number of hydrogen-bond donors (Lipinski definition) is 2. The Labute approximate surface area is 234 Å². The lowest BCUT2D eigenvalue weighted by Gasteiger charge is -2.21. The van der Waals surface area contributed by atoms with Gasteiger partial charge in [0.15, 0.2) is 0 Å². The highest BCUT2D eigenvalue weighted by Crippen LogP contribution is 2.23. The summed E-state index contributed by atoms with van der Waals surface area (Å²) >= 11 is 3.29. The Morgan fingerprint density at radius 2 is 1.59 bits per heavy atom.